The SMILES string of the molecule is NC1CCCN(c2cc(C(=O)O)ccc2[N+](=O)[O-])C1. The van der Waals surface area contributed by atoms with Crippen molar-refractivity contribution in [2.24, 2.45) is 5.73 Å². The van der Waals surface area contributed by atoms with Crippen LogP contribution in [0.15, 0.2) is 18.2 Å². The lowest BCUT2D eigenvalue weighted by Crippen LogP contribution is -2.43. The lowest BCUT2D eigenvalue weighted by atomic mass is 10.0. The predicted octanol–water partition coefficient (Wildman–Crippen LogP) is 1.22. The van der Waals surface area contributed by atoms with Crippen LogP contribution in [0.4, 0.5) is 11.4 Å². The van der Waals surface area contributed by atoms with E-state index in [0.717, 1.165) is 12.8 Å². The maximum absolute atomic E-state index is 11.0. The summed E-state index contributed by atoms with van der Waals surface area (Å²) in [7, 11) is 0. The Labute approximate surface area is 109 Å². The Morgan fingerprint density at radius 1 is 1.53 bits per heavy atom. The number of carboxylic acids is 1. The molecule has 102 valence electrons. The molecule has 0 bridgehead atoms. The first-order chi connectivity index (χ1) is 8.99. The number of nitrogens with zero attached hydrogens (tertiary/aromatic N) is 2. The minimum Gasteiger partial charge on any atom is -0.478 e. The standard InChI is InChI=1S/C12H15N3O4/c13-9-2-1-5-14(7-9)11-6-8(12(16)17)3-4-10(11)15(18)19/h3-4,6,9H,1-2,5,7,13H2,(H,16,17). The Kier molecular flexibility index (Phi) is 3.66. The molecule has 1 fully saturated rings. The number of nitro benzene ring substituents is 1. The van der Waals surface area contributed by atoms with E-state index in [1.807, 2.05) is 0 Å². The molecule has 0 aromatic heterocycles. The van der Waals surface area contributed by atoms with Crippen LogP contribution in [-0.4, -0.2) is 35.1 Å². The molecule has 1 aliphatic rings. The van der Waals surface area contributed by atoms with Gasteiger partial charge in [0.1, 0.15) is 5.69 Å². The van der Waals surface area contributed by atoms with Crippen molar-refractivity contribution < 1.29 is 14.8 Å². The van der Waals surface area contributed by atoms with Crippen LogP contribution in [0.1, 0.15) is 23.2 Å². The van der Waals surface area contributed by atoms with Gasteiger partial charge in [0.25, 0.3) is 5.69 Å². The van der Waals surface area contributed by atoms with Crippen molar-refractivity contribution in [1.29, 1.82) is 0 Å². The second-order valence-electron chi connectivity index (χ2n) is 4.61. The first-order valence-electron chi connectivity index (χ1n) is 6.01. The number of benzene rings is 1. The van der Waals surface area contributed by atoms with Crippen molar-refractivity contribution >= 4 is 17.3 Å². The number of nitrogens with two attached hydrogens (primary N) is 1. The monoisotopic (exact) mass is 265 g/mol. The van der Waals surface area contributed by atoms with Gasteiger partial charge in [-0.15, -0.1) is 0 Å². The summed E-state index contributed by atoms with van der Waals surface area (Å²) in [5, 5.41) is 20.0. The van der Waals surface area contributed by atoms with Crippen molar-refractivity contribution in [2.75, 3.05) is 18.0 Å². The summed E-state index contributed by atoms with van der Waals surface area (Å²) in [5.41, 5.74) is 6.15. The van der Waals surface area contributed by atoms with Gasteiger partial charge in [-0.3, -0.25) is 10.1 Å². The number of anilines is 1. The summed E-state index contributed by atoms with van der Waals surface area (Å²) < 4.78 is 0. The van der Waals surface area contributed by atoms with E-state index in [1.165, 1.54) is 18.2 Å². The van der Waals surface area contributed by atoms with E-state index in [-0.39, 0.29) is 17.3 Å². The fourth-order valence-corrected chi connectivity index (χ4v) is 2.29. The third-order valence-corrected chi connectivity index (χ3v) is 3.22. The Balaban J connectivity index is 2.42. The van der Waals surface area contributed by atoms with Crippen molar-refractivity contribution in [2.45, 2.75) is 18.9 Å². The van der Waals surface area contributed by atoms with Crippen LogP contribution in [0.5, 0.6) is 0 Å². The summed E-state index contributed by atoms with van der Waals surface area (Å²) in [6.07, 6.45) is 1.72. The zero-order chi connectivity index (χ0) is 14.0. The minimum atomic E-state index is -1.10. The van der Waals surface area contributed by atoms with Gasteiger partial charge in [-0.2, -0.15) is 0 Å². The molecule has 3 N–H and O–H groups in total. The number of piperidine rings is 1. The molecular weight excluding hydrogens is 250 g/mol. The van der Waals surface area contributed by atoms with E-state index in [4.69, 9.17) is 10.8 Å². The number of carbonyl (C=O) groups is 1. The summed E-state index contributed by atoms with van der Waals surface area (Å²) >= 11 is 0. The topological polar surface area (TPSA) is 110 Å². The van der Waals surface area contributed by atoms with Gasteiger partial charge in [0.05, 0.1) is 10.5 Å². The highest BCUT2D eigenvalue weighted by molar-refractivity contribution is 5.90. The molecule has 1 aliphatic heterocycles. The Morgan fingerprint density at radius 3 is 2.84 bits per heavy atom. The van der Waals surface area contributed by atoms with Gasteiger partial charge in [0, 0.05) is 25.2 Å². The summed E-state index contributed by atoms with van der Waals surface area (Å²) in [6, 6.07) is 3.78. The third-order valence-electron chi connectivity index (χ3n) is 3.22. The number of hydrogen-bond donors (Lipinski definition) is 2. The van der Waals surface area contributed by atoms with Crippen LogP contribution in [0, 0.1) is 10.1 Å². The molecule has 1 saturated heterocycles. The van der Waals surface area contributed by atoms with Crippen molar-refractivity contribution in [1.82, 2.24) is 0 Å². The van der Waals surface area contributed by atoms with Crippen LogP contribution < -0.4 is 10.6 Å². The highest BCUT2D eigenvalue weighted by atomic mass is 16.6. The van der Waals surface area contributed by atoms with Crippen LogP contribution in [-0.2, 0) is 0 Å². The van der Waals surface area contributed by atoms with Crippen molar-refractivity contribution in [3.63, 3.8) is 0 Å². The molecule has 1 unspecified atom stereocenters. The van der Waals surface area contributed by atoms with Crippen molar-refractivity contribution in [3.05, 3.63) is 33.9 Å². The molecule has 1 aromatic rings. The normalized spacial score (nSPS) is 19.2. The van der Waals surface area contributed by atoms with Crippen LogP contribution in [0.25, 0.3) is 0 Å². The molecule has 0 radical (unpaired) electrons. The number of carboxylic acid groups (broad SMARTS) is 1. The lowest BCUT2D eigenvalue weighted by molar-refractivity contribution is -0.384. The molecule has 1 heterocycles. The molecule has 2 rings (SSSR count). The molecule has 1 atom stereocenters. The van der Waals surface area contributed by atoms with Crippen LogP contribution in [0.2, 0.25) is 0 Å². The highest BCUT2D eigenvalue weighted by Gasteiger charge is 2.25. The van der Waals surface area contributed by atoms with E-state index in [1.54, 1.807) is 4.90 Å². The van der Waals surface area contributed by atoms with Gasteiger partial charge in [-0.05, 0) is 25.0 Å². The zero-order valence-corrected chi connectivity index (χ0v) is 10.3. The van der Waals surface area contributed by atoms with Crippen LogP contribution in [0.3, 0.4) is 0 Å². The second-order valence-corrected chi connectivity index (χ2v) is 4.61. The van der Waals surface area contributed by atoms with Gasteiger partial charge in [0.15, 0.2) is 0 Å². The van der Waals surface area contributed by atoms with E-state index in [0.29, 0.717) is 18.8 Å². The molecule has 1 aromatic carbocycles. The minimum absolute atomic E-state index is 0.0400. The maximum Gasteiger partial charge on any atom is 0.335 e. The average molecular weight is 265 g/mol. The quantitative estimate of drug-likeness (QED) is 0.628. The summed E-state index contributed by atoms with van der Waals surface area (Å²) in [6.45, 7) is 1.15. The smallest absolute Gasteiger partial charge is 0.335 e. The van der Waals surface area contributed by atoms with Gasteiger partial charge < -0.3 is 15.7 Å². The fraction of sp³-hybridized carbons (Fsp3) is 0.417. The molecule has 7 nitrogen and oxygen atoms in total. The molecule has 0 aliphatic carbocycles. The van der Waals surface area contributed by atoms with E-state index in [2.05, 4.69) is 0 Å². The van der Waals surface area contributed by atoms with E-state index in [9.17, 15) is 14.9 Å². The van der Waals surface area contributed by atoms with Gasteiger partial charge in [-0.25, -0.2) is 4.79 Å². The molecule has 0 amide bonds. The lowest BCUT2D eigenvalue weighted by Gasteiger charge is -2.32. The summed E-state index contributed by atoms with van der Waals surface area (Å²) in [5.74, 6) is -1.10. The molecule has 19 heavy (non-hydrogen) atoms. The number of hydrogen-bond acceptors (Lipinski definition) is 5. The third kappa shape index (κ3) is 2.82. The first kappa shape index (κ1) is 13.3. The fourth-order valence-electron chi connectivity index (χ4n) is 2.29. The Bertz CT molecular complexity index is 518. The molecule has 7 heteroatoms. The average Bonchev–Trinajstić information content (AvgIpc) is 2.37. The highest BCUT2D eigenvalue weighted by Crippen LogP contribution is 2.31. The Hall–Kier alpha value is -2.15. The molecule has 0 saturated carbocycles. The number of aromatic carboxylic acids is 1. The molecule has 0 spiro atoms. The molecular formula is C12H15N3O4. The summed E-state index contributed by atoms with van der Waals surface area (Å²) in [4.78, 5) is 23.3. The maximum atomic E-state index is 11.0. The van der Waals surface area contributed by atoms with Crippen LogP contribution >= 0.6 is 0 Å². The van der Waals surface area contributed by atoms with Gasteiger partial charge in [-0.1, -0.05) is 0 Å². The second kappa shape index (κ2) is 5.23. The number of rotatable bonds is 3. The first-order valence-corrected chi connectivity index (χ1v) is 6.01. The predicted molar refractivity (Wildman–Crippen MR) is 69.5 cm³/mol. The van der Waals surface area contributed by atoms with E-state index < -0.39 is 10.9 Å². The van der Waals surface area contributed by atoms with Crippen molar-refractivity contribution in [3.8, 4) is 0 Å². The van der Waals surface area contributed by atoms with E-state index >= 15 is 0 Å². The van der Waals surface area contributed by atoms with Gasteiger partial charge in [0.2, 0.25) is 0 Å². The van der Waals surface area contributed by atoms with Gasteiger partial charge >= 0.3 is 5.97 Å². The Morgan fingerprint density at radius 2 is 2.26 bits per heavy atom. The largest absolute Gasteiger partial charge is 0.478 e. The number of nitro groups is 1. The zero-order valence-electron chi connectivity index (χ0n) is 10.3.